The van der Waals surface area contributed by atoms with Gasteiger partial charge in [0.1, 0.15) is 6.67 Å². The summed E-state index contributed by atoms with van der Waals surface area (Å²) in [6, 6.07) is 4.41. The minimum absolute atomic E-state index is 0.141. The normalized spacial score (nSPS) is 10.8. The maximum Gasteiger partial charge on any atom is 0.354 e. The molecular formula is C10H12FN3O4S. The molecule has 0 aliphatic rings. The molecule has 0 bridgehead atoms. The van der Waals surface area contributed by atoms with E-state index < -0.39 is 29.3 Å². The zero-order valence-electron chi connectivity index (χ0n) is 10.0. The molecule has 7 nitrogen and oxygen atoms in total. The molecule has 0 aliphatic heterocycles. The first-order valence-electron chi connectivity index (χ1n) is 5.21. The van der Waals surface area contributed by atoms with Crippen molar-refractivity contribution in [1.82, 2.24) is 9.73 Å². The summed E-state index contributed by atoms with van der Waals surface area (Å²) < 4.78 is 37.2. The lowest BCUT2D eigenvalue weighted by Crippen LogP contribution is -2.40. The summed E-state index contributed by atoms with van der Waals surface area (Å²) in [7, 11) is -4.11. The van der Waals surface area contributed by atoms with E-state index in [0.29, 0.717) is 0 Å². The zero-order chi connectivity index (χ0) is 14.5. The lowest BCUT2D eigenvalue weighted by atomic mass is 10.2. The van der Waals surface area contributed by atoms with E-state index in [2.05, 4.69) is 5.29 Å². The van der Waals surface area contributed by atoms with Crippen molar-refractivity contribution in [3.8, 4) is 0 Å². The number of sulfonamides is 1. The van der Waals surface area contributed by atoms with E-state index in [-0.39, 0.29) is 9.90 Å². The number of carbonyl (C=O) groups excluding carboxylic acids is 1. The van der Waals surface area contributed by atoms with Gasteiger partial charge in [0, 0.05) is 0 Å². The van der Waals surface area contributed by atoms with Gasteiger partial charge in [-0.15, -0.1) is 4.91 Å². The summed E-state index contributed by atoms with van der Waals surface area (Å²) in [6.07, 6.45) is 0. The maximum absolute atomic E-state index is 12.0. The molecule has 0 saturated carbocycles. The number of nitrogens with one attached hydrogen (secondary N) is 1. The molecular weight excluding hydrogens is 277 g/mol. The summed E-state index contributed by atoms with van der Waals surface area (Å²) in [5.41, 5.74) is 0.846. The molecule has 0 aliphatic carbocycles. The van der Waals surface area contributed by atoms with Gasteiger partial charge < -0.3 is 0 Å². The van der Waals surface area contributed by atoms with Crippen molar-refractivity contribution in [2.45, 2.75) is 11.8 Å². The molecule has 2 amide bonds. The number of amides is 2. The number of nitrogens with zero attached hydrogens (tertiary/aromatic N) is 2. The van der Waals surface area contributed by atoms with E-state index >= 15 is 0 Å². The van der Waals surface area contributed by atoms with Crippen LogP contribution in [0, 0.1) is 11.8 Å². The number of aryl methyl sites for hydroxylation is 1. The van der Waals surface area contributed by atoms with Crippen molar-refractivity contribution < 1.29 is 17.6 Å². The van der Waals surface area contributed by atoms with Crippen LogP contribution in [0.25, 0.3) is 0 Å². The average molecular weight is 289 g/mol. The largest absolute Gasteiger partial charge is 0.354 e. The molecule has 9 heteroatoms. The van der Waals surface area contributed by atoms with E-state index in [4.69, 9.17) is 0 Å². The summed E-state index contributed by atoms with van der Waals surface area (Å²) in [6.45, 7) is 0.150. The Balaban J connectivity index is 2.88. The van der Waals surface area contributed by atoms with Crippen molar-refractivity contribution in [3.63, 3.8) is 0 Å². The van der Waals surface area contributed by atoms with Crippen LogP contribution in [0.4, 0.5) is 9.18 Å². The van der Waals surface area contributed by atoms with Gasteiger partial charge in [0.25, 0.3) is 10.0 Å². The maximum atomic E-state index is 12.0. The van der Waals surface area contributed by atoms with Gasteiger partial charge >= 0.3 is 6.03 Å². The Kier molecular flexibility index (Phi) is 4.93. The van der Waals surface area contributed by atoms with Crippen LogP contribution in [0.2, 0.25) is 0 Å². The molecule has 0 atom stereocenters. The van der Waals surface area contributed by atoms with Gasteiger partial charge in [-0.1, -0.05) is 17.7 Å². The number of hydrogen-bond donors (Lipinski definition) is 1. The molecule has 0 radical (unpaired) electrons. The summed E-state index contributed by atoms with van der Waals surface area (Å²) >= 11 is 0. The highest BCUT2D eigenvalue weighted by Crippen LogP contribution is 2.10. The Morgan fingerprint density at radius 3 is 2.42 bits per heavy atom. The topological polar surface area (TPSA) is 95.9 Å². The van der Waals surface area contributed by atoms with Gasteiger partial charge in [-0.25, -0.2) is 22.3 Å². The number of alkyl halides is 1. The predicted octanol–water partition coefficient (Wildman–Crippen LogP) is 1.35. The molecule has 1 rings (SSSR count). The monoisotopic (exact) mass is 289 g/mol. The minimum Gasteiger partial charge on any atom is -0.249 e. The number of urea groups is 1. The number of rotatable bonds is 5. The molecule has 0 saturated heterocycles. The zero-order valence-corrected chi connectivity index (χ0v) is 10.9. The first kappa shape index (κ1) is 15.0. The van der Waals surface area contributed by atoms with E-state index in [9.17, 15) is 22.5 Å². The van der Waals surface area contributed by atoms with E-state index in [1.54, 1.807) is 23.8 Å². The summed E-state index contributed by atoms with van der Waals surface area (Å²) in [5, 5.41) is 2.39. The fourth-order valence-corrected chi connectivity index (χ4v) is 2.15. The van der Waals surface area contributed by atoms with E-state index in [1.165, 1.54) is 12.1 Å². The van der Waals surface area contributed by atoms with Crippen molar-refractivity contribution >= 4 is 16.1 Å². The number of halogens is 1. The van der Waals surface area contributed by atoms with Crippen molar-refractivity contribution in [1.29, 1.82) is 0 Å². The first-order chi connectivity index (χ1) is 8.90. The third kappa shape index (κ3) is 3.98. The van der Waals surface area contributed by atoms with Gasteiger partial charge in [0.05, 0.1) is 16.7 Å². The Morgan fingerprint density at radius 1 is 1.37 bits per heavy atom. The highest BCUT2D eigenvalue weighted by Gasteiger charge is 2.22. The standard InChI is InChI=1S/C10H12FN3O4S/c1-8-2-4-9(5-3-8)19(17,18)12-10(15)14(13-16)7-6-11/h2-5H,6-7H2,1H3,(H,12,15). The third-order valence-corrected chi connectivity index (χ3v) is 3.52. The molecule has 1 N–H and O–H groups in total. The Bertz CT molecular complexity index is 559. The molecule has 0 heterocycles. The molecule has 0 aromatic heterocycles. The molecule has 19 heavy (non-hydrogen) atoms. The molecule has 1 aromatic carbocycles. The van der Waals surface area contributed by atoms with Crippen LogP contribution in [0.5, 0.6) is 0 Å². The van der Waals surface area contributed by atoms with Gasteiger partial charge in [-0.05, 0) is 19.1 Å². The van der Waals surface area contributed by atoms with Crippen molar-refractivity contribution in [2.24, 2.45) is 5.29 Å². The van der Waals surface area contributed by atoms with Gasteiger partial charge in [-0.2, -0.15) is 5.01 Å². The number of carbonyl (C=O) groups is 1. The van der Waals surface area contributed by atoms with E-state index in [0.717, 1.165) is 5.56 Å². The highest BCUT2D eigenvalue weighted by molar-refractivity contribution is 7.90. The Hall–Kier alpha value is -2.03. The fraction of sp³-hybridized carbons (Fsp3) is 0.300. The number of benzene rings is 1. The SMILES string of the molecule is Cc1ccc(S(=O)(=O)NC(=O)N(CCF)N=O)cc1. The van der Waals surface area contributed by atoms with E-state index in [1.807, 2.05) is 0 Å². The van der Waals surface area contributed by atoms with Gasteiger partial charge in [0.2, 0.25) is 0 Å². The van der Waals surface area contributed by atoms with Crippen LogP contribution in [-0.2, 0) is 10.0 Å². The van der Waals surface area contributed by atoms with Crippen LogP contribution >= 0.6 is 0 Å². The molecule has 104 valence electrons. The van der Waals surface area contributed by atoms with Crippen molar-refractivity contribution in [2.75, 3.05) is 13.2 Å². The number of hydrogen-bond acceptors (Lipinski definition) is 5. The smallest absolute Gasteiger partial charge is 0.249 e. The van der Waals surface area contributed by atoms with Crippen molar-refractivity contribution in [3.05, 3.63) is 34.7 Å². The summed E-state index contributed by atoms with van der Waals surface area (Å²) in [4.78, 5) is 21.5. The predicted molar refractivity (Wildman–Crippen MR) is 65.4 cm³/mol. The first-order valence-corrected chi connectivity index (χ1v) is 6.69. The van der Waals surface area contributed by atoms with Gasteiger partial charge in [0.15, 0.2) is 0 Å². The van der Waals surface area contributed by atoms with Crippen LogP contribution in [0.3, 0.4) is 0 Å². The average Bonchev–Trinajstić information content (AvgIpc) is 2.35. The molecule has 0 spiro atoms. The fourth-order valence-electron chi connectivity index (χ4n) is 1.20. The molecule has 1 aromatic rings. The Morgan fingerprint density at radius 2 is 1.95 bits per heavy atom. The number of nitroso groups, excluding NO2 is 1. The second-order valence-electron chi connectivity index (χ2n) is 3.62. The molecule has 0 unspecified atom stereocenters. The van der Waals surface area contributed by atoms with Crippen LogP contribution in [0.15, 0.2) is 34.4 Å². The Labute approximate surface area is 109 Å². The van der Waals surface area contributed by atoms with Gasteiger partial charge in [-0.3, -0.25) is 0 Å². The lowest BCUT2D eigenvalue weighted by Gasteiger charge is -2.12. The lowest BCUT2D eigenvalue weighted by molar-refractivity contribution is 0.200. The highest BCUT2D eigenvalue weighted by atomic mass is 32.2. The van der Waals surface area contributed by atoms with Crippen LogP contribution < -0.4 is 4.72 Å². The summed E-state index contributed by atoms with van der Waals surface area (Å²) in [5.74, 6) is 0. The quantitative estimate of drug-likeness (QED) is 0.653. The molecule has 0 fully saturated rings. The van der Waals surface area contributed by atoms with Crippen LogP contribution in [-0.4, -0.2) is 32.7 Å². The minimum atomic E-state index is -4.11. The second-order valence-corrected chi connectivity index (χ2v) is 5.30. The second kappa shape index (κ2) is 6.23. The third-order valence-electron chi connectivity index (χ3n) is 2.18. The van der Waals surface area contributed by atoms with Crippen LogP contribution in [0.1, 0.15) is 5.56 Å².